The number of fused-ring (bicyclic) bond motifs is 3. The molecule has 4 rings (SSSR count). The Morgan fingerprint density at radius 3 is 2.24 bits per heavy atom. The first-order valence-corrected chi connectivity index (χ1v) is 10.8. The first kappa shape index (κ1) is 23.0. The van der Waals surface area contributed by atoms with E-state index in [1.807, 2.05) is 48.5 Å². The fourth-order valence-corrected chi connectivity index (χ4v) is 4.18. The molecular formula is C26H23FN2O5. The molecule has 2 amide bonds. The van der Waals surface area contributed by atoms with Crippen LogP contribution in [-0.2, 0) is 9.53 Å². The van der Waals surface area contributed by atoms with Crippen molar-refractivity contribution in [3.63, 3.8) is 0 Å². The summed E-state index contributed by atoms with van der Waals surface area (Å²) in [5.74, 6) is -2.62. The summed E-state index contributed by atoms with van der Waals surface area (Å²) in [6, 6.07) is 18.4. The zero-order valence-corrected chi connectivity index (χ0v) is 18.4. The molecular weight excluding hydrogens is 439 g/mol. The molecule has 3 N–H and O–H groups in total. The van der Waals surface area contributed by atoms with Crippen LogP contribution in [-0.4, -0.2) is 35.7 Å². The maximum atomic E-state index is 13.5. The zero-order valence-electron chi connectivity index (χ0n) is 18.4. The normalized spacial score (nSPS) is 12.9. The Hall–Kier alpha value is -4.20. The van der Waals surface area contributed by atoms with Gasteiger partial charge in [0.25, 0.3) is 0 Å². The fraction of sp³-hybridized carbons (Fsp3) is 0.192. The summed E-state index contributed by atoms with van der Waals surface area (Å²) in [7, 11) is 0. The number of carboxylic acids is 1. The average Bonchev–Trinajstić information content (AvgIpc) is 3.11. The second-order valence-electron chi connectivity index (χ2n) is 8.12. The minimum absolute atomic E-state index is 0.0841. The number of benzene rings is 3. The summed E-state index contributed by atoms with van der Waals surface area (Å²) in [6.07, 6.45) is -0.820. The lowest BCUT2D eigenvalue weighted by Crippen LogP contribution is -2.36. The van der Waals surface area contributed by atoms with Crippen LogP contribution in [0.25, 0.3) is 11.1 Å². The third-order valence-corrected chi connectivity index (χ3v) is 5.69. The highest BCUT2D eigenvalue weighted by Crippen LogP contribution is 2.44. The molecule has 3 aromatic rings. The van der Waals surface area contributed by atoms with Crippen LogP contribution < -0.4 is 10.6 Å². The molecule has 0 heterocycles. The second-order valence-corrected chi connectivity index (χ2v) is 8.12. The Labute approximate surface area is 195 Å². The summed E-state index contributed by atoms with van der Waals surface area (Å²) < 4.78 is 18.9. The van der Waals surface area contributed by atoms with Crippen LogP contribution >= 0.6 is 0 Å². The summed E-state index contributed by atoms with van der Waals surface area (Å²) in [5, 5.41) is 14.2. The molecule has 0 saturated carbocycles. The van der Waals surface area contributed by atoms with Crippen LogP contribution in [0.2, 0.25) is 0 Å². The van der Waals surface area contributed by atoms with E-state index in [9.17, 15) is 23.9 Å². The van der Waals surface area contributed by atoms with E-state index in [0.717, 1.165) is 40.5 Å². The van der Waals surface area contributed by atoms with Gasteiger partial charge in [0, 0.05) is 18.4 Å². The predicted molar refractivity (Wildman–Crippen MR) is 124 cm³/mol. The highest BCUT2D eigenvalue weighted by atomic mass is 19.1. The Balaban J connectivity index is 1.33. The largest absolute Gasteiger partial charge is 0.478 e. The van der Waals surface area contributed by atoms with E-state index in [2.05, 4.69) is 10.6 Å². The Bertz CT molecular complexity index is 1210. The molecule has 8 heteroatoms. The van der Waals surface area contributed by atoms with Crippen molar-refractivity contribution < 1.29 is 28.6 Å². The van der Waals surface area contributed by atoms with Gasteiger partial charge in [-0.15, -0.1) is 0 Å². The maximum Gasteiger partial charge on any atom is 0.407 e. The Morgan fingerprint density at radius 2 is 1.62 bits per heavy atom. The second kappa shape index (κ2) is 9.74. The smallest absolute Gasteiger partial charge is 0.407 e. The lowest BCUT2D eigenvalue weighted by molar-refractivity contribution is -0.116. The molecule has 0 saturated heterocycles. The van der Waals surface area contributed by atoms with E-state index in [-0.39, 0.29) is 30.2 Å². The molecule has 34 heavy (non-hydrogen) atoms. The van der Waals surface area contributed by atoms with E-state index in [4.69, 9.17) is 4.74 Å². The van der Waals surface area contributed by atoms with Crippen molar-refractivity contribution in [2.45, 2.75) is 25.3 Å². The average molecular weight is 462 g/mol. The number of carbonyl (C=O) groups excluding carboxylic acids is 2. The standard InChI is InChI=1S/C26H23FN2O5/c1-15(12-24(30)29-23-13-16(27)10-11-21(23)25(31)32)28-26(33)34-14-22-19-8-4-2-6-17(19)18-7-3-5-9-20(18)22/h2-11,13,15,22H,12,14H2,1H3,(H,28,33)(H,29,30)(H,31,32)/t15-/m1/s1. The molecule has 1 aliphatic carbocycles. The molecule has 0 spiro atoms. The Morgan fingerprint density at radius 1 is 1.00 bits per heavy atom. The van der Waals surface area contributed by atoms with Gasteiger partial charge < -0.3 is 20.5 Å². The number of carbonyl (C=O) groups is 3. The number of halogens is 1. The molecule has 0 unspecified atom stereocenters. The molecule has 0 radical (unpaired) electrons. The number of hydrogen-bond donors (Lipinski definition) is 3. The number of anilines is 1. The van der Waals surface area contributed by atoms with Crippen LogP contribution in [0.15, 0.2) is 66.7 Å². The van der Waals surface area contributed by atoms with E-state index < -0.39 is 29.8 Å². The van der Waals surface area contributed by atoms with E-state index in [0.29, 0.717) is 0 Å². The van der Waals surface area contributed by atoms with Crippen LogP contribution in [0.3, 0.4) is 0 Å². The molecule has 1 atom stereocenters. The quantitative estimate of drug-likeness (QED) is 0.469. The summed E-state index contributed by atoms with van der Waals surface area (Å²) in [6.45, 7) is 1.76. The molecule has 174 valence electrons. The summed E-state index contributed by atoms with van der Waals surface area (Å²) >= 11 is 0. The van der Waals surface area contributed by atoms with Gasteiger partial charge in [0.2, 0.25) is 5.91 Å². The Kier molecular flexibility index (Phi) is 6.58. The van der Waals surface area contributed by atoms with Gasteiger partial charge >= 0.3 is 12.1 Å². The number of nitrogens with one attached hydrogen (secondary N) is 2. The molecule has 0 aromatic heterocycles. The number of rotatable bonds is 7. The van der Waals surface area contributed by atoms with Crippen molar-refractivity contribution >= 4 is 23.7 Å². The number of hydrogen-bond acceptors (Lipinski definition) is 4. The lowest BCUT2D eigenvalue weighted by atomic mass is 9.98. The number of amides is 2. The van der Waals surface area contributed by atoms with Gasteiger partial charge in [0.15, 0.2) is 0 Å². The van der Waals surface area contributed by atoms with E-state index in [1.165, 1.54) is 0 Å². The van der Waals surface area contributed by atoms with Crippen molar-refractivity contribution in [2.75, 3.05) is 11.9 Å². The number of carboxylic acid groups (broad SMARTS) is 1. The van der Waals surface area contributed by atoms with Crippen LogP contribution in [0.1, 0.15) is 40.7 Å². The topological polar surface area (TPSA) is 105 Å². The van der Waals surface area contributed by atoms with Crippen molar-refractivity contribution in [3.05, 3.63) is 89.2 Å². The van der Waals surface area contributed by atoms with E-state index >= 15 is 0 Å². The van der Waals surface area contributed by atoms with Gasteiger partial charge in [-0.2, -0.15) is 0 Å². The monoisotopic (exact) mass is 462 g/mol. The fourth-order valence-electron chi connectivity index (χ4n) is 4.18. The van der Waals surface area contributed by atoms with Crippen LogP contribution in [0.5, 0.6) is 0 Å². The maximum absolute atomic E-state index is 13.5. The third kappa shape index (κ3) is 4.91. The number of alkyl carbamates (subject to hydrolysis) is 1. The summed E-state index contributed by atoms with van der Waals surface area (Å²) in [5.41, 5.74) is 4.05. The van der Waals surface area contributed by atoms with Crippen molar-refractivity contribution in [1.29, 1.82) is 0 Å². The third-order valence-electron chi connectivity index (χ3n) is 5.69. The van der Waals surface area contributed by atoms with Gasteiger partial charge in [-0.1, -0.05) is 48.5 Å². The SMILES string of the molecule is C[C@H](CC(=O)Nc1cc(F)ccc1C(=O)O)NC(=O)OCC1c2ccccc2-c2ccccc21. The zero-order chi connectivity index (χ0) is 24.2. The van der Waals surface area contributed by atoms with Crippen molar-refractivity contribution in [1.82, 2.24) is 5.32 Å². The predicted octanol–water partition coefficient (Wildman–Crippen LogP) is 4.78. The van der Waals surface area contributed by atoms with Gasteiger partial charge in [0.1, 0.15) is 12.4 Å². The number of aromatic carboxylic acids is 1. The first-order chi connectivity index (χ1) is 16.3. The molecule has 0 fully saturated rings. The highest BCUT2D eigenvalue weighted by molar-refractivity contribution is 6.00. The van der Waals surface area contributed by atoms with Gasteiger partial charge in [-0.05, 0) is 47.4 Å². The van der Waals surface area contributed by atoms with Crippen LogP contribution in [0, 0.1) is 5.82 Å². The minimum atomic E-state index is -1.29. The summed E-state index contributed by atoms with van der Waals surface area (Å²) in [4.78, 5) is 36.0. The molecule has 1 aliphatic rings. The van der Waals surface area contributed by atoms with Gasteiger partial charge in [0.05, 0.1) is 11.3 Å². The van der Waals surface area contributed by atoms with Gasteiger partial charge in [-0.3, -0.25) is 4.79 Å². The van der Waals surface area contributed by atoms with E-state index in [1.54, 1.807) is 6.92 Å². The molecule has 0 aliphatic heterocycles. The van der Waals surface area contributed by atoms with Crippen LogP contribution in [0.4, 0.5) is 14.9 Å². The van der Waals surface area contributed by atoms with Crippen molar-refractivity contribution in [2.24, 2.45) is 0 Å². The molecule has 7 nitrogen and oxygen atoms in total. The highest BCUT2D eigenvalue weighted by Gasteiger charge is 2.29. The number of ether oxygens (including phenoxy) is 1. The first-order valence-electron chi connectivity index (χ1n) is 10.8. The molecule has 3 aromatic carbocycles. The lowest BCUT2D eigenvalue weighted by Gasteiger charge is -2.17. The molecule has 0 bridgehead atoms. The van der Waals surface area contributed by atoms with Gasteiger partial charge in [-0.25, -0.2) is 14.0 Å². The minimum Gasteiger partial charge on any atom is -0.478 e. The van der Waals surface area contributed by atoms with Crippen molar-refractivity contribution in [3.8, 4) is 11.1 Å².